The van der Waals surface area contributed by atoms with Crippen molar-refractivity contribution in [2.45, 2.75) is 45.9 Å². The van der Waals surface area contributed by atoms with E-state index >= 15 is 0 Å². The number of rotatable bonds is 7. The van der Waals surface area contributed by atoms with Gasteiger partial charge in [0.15, 0.2) is 0 Å². The zero-order valence-corrected chi connectivity index (χ0v) is 15.3. The molecule has 1 unspecified atom stereocenters. The van der Waals surface area contributed by atoms with E-state index in [4.69, 9.17) is 4.74 Å². The van der Waals surface area contributed by atoms with Gasteiger partial charge in [-0.2, -0.15) is 0 Å². The molecule has 0 spiro atoms. The molecule has 0 bridgehead atoms. The van der Waals surface area contributed by atoms with E-state index in [9.17, 15) is 4.79 Å². The molecule has 0 N–H and O–H groups in total. The number of hydrogen-bond donors (Lipinski definition) is 0. The SMILES string of the molecule is C=CCN(Cc1ccc(C)s1)C(=O)CC1CN(C(C)C)CCO1. The molecule has 1 amide bonds. The van der Waals surface area contributed by atoms with Crippen LogP contribution >= 0.6 is 11.3 Å². The molecule has 0 radical (unpaired) electrons. The van der Waals surface area contributed by atoms with Crippen LogP contribution in [0.15, 0.2) is 24.8 Å². The lowest BCUT2D eigenvalue weighted by molar-refractivity contribution is -0.136. The van der Waals surface area contributed by atoms with Crippen LogP contribution in [0.3, 0.4) is 0 Å². The average Bonchev–Trinajstić information content (AvgIpc) is 2.92. The highest BCUT2D eigenvalue weighted by Crippen LogP contribution is 2.19. The average molecular weight is 337 g/mol. The van der Waals surface area contributed by atoms with E-state index < -0.39 is 0 Å². The minimum absolute atomic E-state index is 0.00367. The topological polar surface area (TPSA) is 32.8 Å². The maximum atomic E-state index is 12.7. The standard InChI is InChI=1S/C18H28N2O2S/c1-5-8-20(13-17-7-6-15(4)23-17)18(21)11-16-12-19(14(2)3)9-10-22-16/h5-7,14,16H,1,8-13H2,2-4H3. The summed E-state index contributed by atoms with van der Waals surface area (Å²) in [6.45, 7) is 14.0. The smallest absolute Gasteiger partial charge is 0.225 e. The fraction of sp³-hybridized carbons (Fsp3) is 0.611. The van der Waals surface area contributed by atoms with E-state index in [1.165, 1.54) is 9.75 Å². The van der Waals surface area contributed by atoms with Crippen molar-refractivity contribution in [2.24, 2.45) is 0 Å². The number of carbonyl (C=O) groups is 1. The normalized spacial score (nSPS) is 19.0. The molecule has 0 aliphatic carbocycles. The van der Waals surface area contributed by atoms with Gasteiger partial charge in [0.2, 0.25) is 5.91 Å². The lowest BCUT2D eigenvalue weighted by Crippen LogP contribution is -2.47. The van der Waals surface area contributed by atoms with Crippen LogP contribution in [0.1, 0.15) is 30.0 Å². The zero-order chi connectivity index (χ0) is 16.8. The number of ether oxygens (including phenoxy) is 1. The molecule has 128 valence electrons. The molecular weight excluding hydrogens is 308 g/mol. The van der Waals surface area contributed by atoms with E-state index in [-0.39, 0.29) is 12.0 Å². The summed E-state index contributed by atoms with van der Waals surface area (Å²) in [7, 11) is 0. The minimum atomic E-state index is -0.00367. The molecule has 1 fully saturated rings. The number of morpholine rings is 1. The van der Waals surface area contributed by atoms with Gasteiger partial charge in [0.05, 0.1) is 25.7 Å². The summed E-state index contributed by atoms with van der Waals surface area (Å²) in [4.78, 5) is 19.4. The Morgan fingerprint density at radius 3 is 2.96 bits per heavy atom. The van der Waals surface area contributed by atoms with Crippen molar-refractivity contribution in [3.63, 3.8) is 0 Å². The molecule has 1 aliphatic heterocycles. The van der Waals surface area contributed by atoms with Crippen molar-refractivity contribution in [1.29, 1.82) is 0 Å². The fourth-order valence-corrected chi connectivity index (χ4v) is 3.73. The molecule has 1 aliphatic rings. The molecule has 0 saturated carbocycles. The second-order valence-electron chi connectivity index (χ2n) is 6.36. The summed E-state index contributed by atoms with van der Waals surface area (Å²) in [6.07, 6.45) is 2.23. The Balaban J connectivity index is 1.93. The third kappa shape index (κ3) is 5.44. The molecule has 2 heterocycles. The van der Waals surface area contributed by atoms with Crippen LogP contribution in [0.2, 0.25) is 0 Å². The quantitative estimate of drug-likeness (QED) is 0.718. The van der Waals surface area contributed by atoms with Crippen LogP contribution in [-0.2, 0) is 16.1 Å². The van der Waals surface area contributed by atoms with Gasteiger partial charge in [0.25, 0.3) is 0 Å². The van der Waals surface area contributed by atoms with Crippen molar-refractivity contribution in [3.05, 3.63) is 34.5 Å². The van der Waals surface area contributed by atoms with Crippen molar-refractivity contribution >= 4 is 17.2 Å². The van der Waals surface area contributed by atoms with Gasteiger partial charge >= 0.3 is 0 Å². The highest BCUT2D eigenvalue weighted by Gasteiger charge is 2.26. The first-order chi connectivity index (χ1) is 11.0. The first-order valence-corrected chi connectivity index (χ1v) is 9.11. The highest BCUT2D eigenvalue weighted by atomic mass is 32.1. The number of carbonyl (C=O) groups excluding carboxylic acids is 1. The van der Waals surface area contributed by atoms with Gasteiger partial charge in [0, 0.05) is 35.4 Å². The molecule has 1 aromatic rings. The minimum Gasteiger partial charge on any atom is -0.375 e. The summed E-state index contributed by atoms with van der Waals surface area (Å²) in [5.74, 6) is 0.145. The van der Waals surface area contributed by atoms with Crippen LogP contribution in [0.5, 0.6) is 0 Å². The maximum absolute atomic E-state index is 12.7. The van der Waals surface area contributed by atoms with E-state index in [0.717, 1.165) is 13.1 Å². The van der Waals surface area contributed by atoms with Crippen LogP contribution < -0.4 is 0 Å². The Kier molecular flexibility index (Phi) is 6.81. The lowest BCUT2D eigenvalue weighted by atomic mass is 10.1. The maximum Gasteiger partial charge on any atom is 0.225 e. The molecular formula is C18H28N2O2S. The van der Waals surface area contributed by atoms with Gasteiger partial charge in [-0.25, -0.2) is 0 Å². The predicted molar refractivity (Wildman–Crippen MR) is 95.7 cm³/mol. The molecule has 2 rings (SSSR count). The third-order valence-corrected chi connectivity index (χ3v) is 5.13. The van der Waals surface area contributed by atoms with Crippen LogP contribution in [-0.4, -0.2) is 54.1 Å². The number of aryl methyl sites for hydroxylation is 1. The van der Waals surface area contributed by atoms with Crippen molar-refractivity contribution in [3.8, 4) is 0 Å². The van der Waals surface area contributed by atoms with Gasteiger partial charge in [-0.1, -0.05) is 6.08 Å². The van der Waals surface area contributed by atoms with Gasteiger partial charge in [0.1, 0.15) is 0 Å². The Morgan fingerprint density at radius 2 is 2.35 bits per heavy atom. The van der Waals surface area contributed by atoms with E-state index in [0.29, 0.717) is 32.2 Å². The number of amides is 1. The second kappa shape index (κ2) is 8.62. The number of hydrogen-bond acceptors (Lipinski definition) is 4. The molecule has 1 saturated heterocycles. The Morgan fingerprint density at radius 1 is 1.57 bits per heavy atom. The molecule has 5 heteroatoms. The van der Waals surface area contributed by atoms with Crippen molar-refractivity contribution in [1.82, 2.24) is 9.80 Å². The van der Waals surface area contributed by atoms with Crippen LogP contribution in [0.25, 0.3) is 0 Å². The van der Waals surface area contributed by atoms with E-state index in [1.54, 1.807) is 17.4 Å². The molecule has 23 heavy (non-hydrogen) atoms. The largest absolute Gasteiger partial charge is 0.375 e. The Bertz CT molecular complexity index is 527. The van der Waals surface area contributed by atoms with E-state index in [2.05, 4.69) is 44.4 Å². The number of nitrogens with zero attached hydrogens (tertiary/aromatic N) is 2. The highest BCUT2D eigenvalue weighted by molar-refractivity contribution is 7.11. The number of thiophene rings is 1. The van der Waals surface area contributed by atoms with Crippen molar-refractivity contribution < 1.29 is 9.53 Å². The first-order valence-electron chi connectivity index (χ1n) is 8.29. The summed E-state index contributed by atoms with van der Waals surface area (Å²) in [5.41, 5.74) is 0. The molecule has 0 aromatic carbocycles. The molecule has 1 aromatic heterocycles. The first kappa shape index (κ1) is 18.2. The summed E-state index contributed by atoms with van der Waals surface area (Å²) in [5, 5.41) is 0. The van der Waals surface area contributed by atoms with Gasteiger partial charge in [-0.05, 0) is 32.9 Å². The van der Waals surface area contributed by atoms with Crippen LogP contribution in [0, 0.1) is 6.92 Å². The molecule has 1 atom stereocenters. The van der Waals surface area contributed by atoms with Crippen LogP contribution in [0.4, 0.5) is 0 Å². The molecule has 4 nitrogen and oxygen atoms in total. The monoisotopic (exact) mass is 336 g/mol. The predicted octanol–water partition coefficient (Wildman–Crippen LogP) is 3.07. The summed E-state index contributed by atoms with van der Waals surface area (Å²) >= 11 is 1.74. The summed E-state index contributed by atoms with van der Waals surface area (Å²) < 4.78 is 5.80. The fourth-order valence-electron chi connectivity index (χ4n) is 2.83. The van der Waals surface area contributed by atoms with E-state index in [1.807, 2.05) is 4.90 Å². The lowest BCUT2D eigenvalue weighted by Gasteiger charge is -2.36. The Hall–Kier alpha value is -1.17. The zero-order valence-electron chi connectivity index (χ0n) is 14.5. The Labute approximate surface area is 143 Å². The van der Waals surface area contributed by atoms with Gasteiger partial charge in [-0.3, -0.25) is 9.69 Å². The second-order valence-corrected chi connectivity index (χ2v) is 7.73. The van der Waals surface area contributed by atoms with Crippen molar-refractivity contribution in [2.75, 3.05) is 26.2 Å². The third-order valence-electron chi connectivity index (χ3n) is 4.15. The van der Waals surface area contributed by atoms with Gasteiger partial charge < -0.3 is 9.64 Å². The van der Waals surface area contributed by atoms with Gasteiger partial charge in [-0.15, -0.1) is 17.9 Å². The summed E-state index contributed by atoms with van der Waals surface area (Å²) in [6, 6.07) is 4.69.